The Balaban J connectivity index is 1.89. The van der Waals surface area contributed by atoms with Crippen LogP contribution in [0.5, 0.6) is 0 Å². The number of nitrogens with one attached hydrogen (secondary N) is 1. The molecule has 2 amide bonds. The molecule has 5 heteroatoms. The summed E-state index contributed by atoms with van der Waals surface area (Å²) in [6, 6.07) is 7.77. The minimum absolute atomic E-state index is 0.118. The Labute approximate surface area is 130 Å². The lowest BCUT2D eigenvalue weighted by Crippen LogP contribution is -2.37. The summed E-state index contributed by atoms with van der Waals surface area (Å²) in [6.45, 7) is 2.72. The van der Waals surface area contributed by atoms with E-state index in [-0.39, 0.29) is 18.1 Å². The quantitative estimate of drug-likeness (QED) is 0.820. The number of carbonyl (C=O) groups is 1. The van der Waals surface area contributed by atoms with Crippen LogP contribution >= 0.6 is 11.8 Å². The standard InChI is InChI=1S/C16H24N2O2S/c1-3-21-14-8-5-7-13(10-14)17-16(20)18(2)11-12-6-4-9-15(12)19/h5,7-8,10,12,15,19H,3-4,6,9,11H2,1-2H3,(H,17,20)/t12-,15-/m0/s1. The van der Waals surface area contributed by atoms with E-state index in [9.17, 15) is 9.90 Å². The minimum Gasteiger partial charge on any atom is -0.393 e. The van der Waals surface area contributed by atoms with Gasteiger partial charge in [-0.15, -0.1) is 11.8 Å². The number of thioether (sulfide) groups is 1. The third-order valence-electron chi connectivity index (χ3n) is 3.87. The number of anilines is 1. The van der Waals surface area contributed by atoms with Crippen molar-refractivity contribution in [2.24, 2.45) is 5.92 Å². The first-order valence-electron chi connectivity index (χ1n) is 7.53. The molecule has 1 aromatic rings. The van der Waals surface area contributed by atoms with E-state index in [4.69, 9.17) is 0 Å². The smallest absolute Gasteiger partial charge is 0.321 e. The van der Waals surface area contributed by atoms with Crippen LogP contribution in [-0.4, -0.2) is 41.5 Å². The fourth-order valence-electron chi connectivity index (χ4n) is 2.71. The highest BCUT2D eigenvalue weighted by Crippen LogP contribution is 2.26. The number of hydrogen-bond donors (Lipinski definition) is 2. The fourth-order valence-corrected chi connectivity index (χ4v) is 3.43. The van der Waals surface area contributed by atoms with Gasteiger partial charge in [0.15, 0.2) is 0 Å². The second kappa shape index (κ2) is 7.71. The molecule has 0 aliphatic heterocycles. The summed E-state index contributed by atoms with van der Waals surface area (Å²) < 4.78 is 0. The molecule has 0 unspecified atom stereocenters. The predicted octanol–water partition coefficient (Wildman–Crippen LogP) is 3.42. The summed E-state index contributed by atoms with van der Waals surface area (Å²) in [5.41, 5.74) is 0.817. The molecule has 2 N–H and O–H groups in total. The van der Waals surface area contributed by atoms with Crippen molar-refractivity contribution in [2.45, 2.75) is 37.2 Å². The van der Waals surface area contributed by atoms with Crippen molar-refractivity contribution in [3.8, 4) is 0 Å². The molecule has 0 radical (unpaired) electrons. The van der Waals surface area contributed by atoms with E-state index in [0.717, 1.165) is 35.6 Å². The summed E-state index contributed by atoms with van der Waals surface area (Å²) in [6.07, 6.45) is 2.65. The number of amides is 2. The van der Waals surface area contributed by atoms with Crippen LogP contribution in [0.25, 0.3) is 0 Å². The van der Waals surface area contributed by atoms with Crippen molar-refractivity contribution >= 4 is 23.5 Å². The molecule has 0 aromatic heterocycles. The second-order valence-electron chi connectivity index (χ2n) is 5.53. The van der Waals surface area contributed by atoms with E-state index in [0.29, 0.717) is 6.54 Å². The molecule has 0 spiro atoms. The lowest BCUT2D eigenvalue weighted by atomic mass is 10.1. The number of aliphatic hydroxyl groups is 1. The molecule has 0 saturated heterocycles. The minimum atomic E-state index is -0.260. The van der Waals surface area contributed by atoms with E-state index < -0.39 is 0 Å². The zero-order valence-corrected chi connectivity index (χ0v) is 13.5. The average molecular weight is 308 g/mol. The number of nitrogens with zero attached hydrogens (tertiary/aromatic N) is 1. The SMILES string of the molecule is CCSc1cccc(NC(=O)N(C)C[C@@H]2CCC[C@@H]2O)c1. The zero-order valence-electron chi connectivity index (χ0n) is 12.7. The van der Waals surface area contributed by atoms with Gasteiger partial charge >= 0.3 is 6.03 Å². The third-order valence-corrected chi connectivity index (χ3v) is 4.75. The molecule has 116 valence electrons. The van der Waals surface area contributed by atoms with Crippen LogP contribution in [0.4, 0.5) is 10.5 Å². The monoisotopic (exact) mass is 308 g/mol. The summed E-state index contributed by atoms with van der Waals surface area (Å²) in [7, 11) is 1.78. The van der Waals surface area contributed by atoms with E-state index in [1.54, 1.807) is 23.7 Å². The van der Waals surface area contributed by atoms with E-state index in [1.165, 1.54) is 0 Å². The van der Waals surface area contributed by atoms with E-state index in [1.807, 2.05) is 24.3 Å². The Hall–Kier alpha value is -1.20. The molecule has 2 rings (SSSR count). The number of carbonyl (C=O) groups excluding carboxylic acids is 1. The van der Waals surface area contributed by atoms with Crippen LogP contribution in [0.2, 0.25) is 0 Å². The van der Waals surface area contributed by atoms with Crippen LogP contribution in [-0.2, 0) is 0 Å². The van der Waals surface area contributed by atoms with E-state index >= 15 is 0 Å². The molecule has 4 nitrogen and oxygen atoms in total. The van der Waals surface area contributed by atoms with Gasteiger partial charge in [-0.2, -0.15) is 0 Å². The summed E-state index contributed by atoms with van der Waals surface area (Å²) in [5.74, 6) is 1.22. The molecule has 0 heterocycles. The van der Waals surface area contributed by atoms with Crippen LogP contribution in [0.1, 0.15) is 26.2 Å². The first-order valence-corrected chi connectivity index (χ1v) is 8.51. The number of hydrogen-bond acceptors (Lipinski definition) is 3. The van der Waals surface area contributed by atoms with Gasteiger partial charge in [0.05, 0.1) is 6.10 Å². The van der Waals surface area contributed by atoms with Crippen LogP contribution < -0.4 is 5.32 Å². The van der Waals surface area contributed by atoms with Gasteiger partial charge in [0.25, 0.3) is 0 Å². The molecule has 1 fully saturated rings. The second-order valence-corrected chi connectivity index (χ2v) is 6.87. The molecular formula is C16H24N2O2S. The van der Waals surface area contributed by atoms with E-state index in [2.05, 4.69) is 12.2 Å². The van der Waals surface area contributed by atoms with Crippen molar-refractivity contribution < 1.29 is 9.90 Å². The molecule has 1 aromatic carbocycles. The highest BCUT2D eigenvalue weighted by atomic mass is 32.2. The molecule has 21 heavy (non-hydrogen) atoms. The van der Waals surface area contributed by atoms with Crippen molar-refractivity contribution in [1.82, 2.24) is 4.90 Å². The molecule has 1 aliphatic carbocycles. The Morgan fingerprint density at radius 1 is 1.48 bits per heavy atom. The zero-order chi connectivity index (χ0) is 15.2. The maximum atomic E-state index is 12.2. The van der Waals surface area contributed by atoms with Crippen LogP contribution in [0, 0.1) is 5.92 Å². The first-order chi connectivity index (χ1) is 10.1. The van der Waals surface area contributed by atoms with Gasteiger partial charge in [-0.25, -0.2) is 4.79 Å². The maximum Gasteiger partial charge on any atom is 0.321 e. The van der Waals surface area contributed by atoms with Gasteiger partial charge in [-0.05, 0) is 36.8 Å². The summed E-state index contributed by atoms with van der Waals surface area (Å²) in [4.78, 5) is 15.0. The lowest BCUT2D eigenvalue weighted by Gasteiger charge is -2.23. The predicted molar refractivity (Wildman–Crippen MR) is 87.8 cm³/mol. The molecule has 1 aliphatic rings. The number of urea groups is 1. The van der Waals surface area contributed by atoms with Gasteiger partial charge < -0.3 is 15.3 Å². The number of rotatable bonds is 5. The third kappa shape index (κ3) is 4.64. The fraction of sp³-hybridized carbons (Fsp3) is 0.562. The number of benzene rings is 1. The molecule has 2 atom stereocenters. The Bertz CT molecular complexity index is 481. The lowest BCUT2D eigenvalue weighted by molar-refractivity contribution is 0.116. The topological polar surface area (TPSA) is 52.6 Å². The van der Waals surface area contributed by atoms with Gasteiger partial charge in [0.1, 0.15) is 0 Å². The van der Waals surface area contributed by atoms with Crippen molar-refractivity contribution in [3.63, 3.8) is 0 Å². The first kappa shape index (κ1) is 16.2. The Kier molecular flexibility index (Phi) is 5.94. The van der Waals surface area contributed by atoms with Crippen molar-refractivity contribution in [2.75, 3.05) is 24.7 Å². The van der Waals surface area contributed by atoms with Crippen molar-refractivity contribution in [1.29, 1.82) is 0 Å². The van der Waals surface area contributed by atoms with Crippen LogP contribution in [0.3, 0.4) is 0 Å². The highest BCUT2D eigenvalue weighted by Gasteiger charge is 2.27. The Morgan fingerprint density at radius 2 is 2.29 bits per heavy atom. The highest BCUT2D eigenvalue weighted by molar-refractivity contribution is 7.99. The average Bonchev–Trinajstić information content (AvgIpc) is 2.85. The largest absolute Gasteiger partial charge is 0.393 e. The normalized spacial score (nSPS) is 21.3. The van der Waals surface area contributed by atoms with Gasteiger partial charge in [-0.3, -0.25) is 0 Å². The molecular weight excluding hydrogens is 284 g/mol. The van der Waals surface area contributed by atoms with Gasteiger partial charge in [0, 0.05) is 30.1 Å². The van der Waals surface area contributed by atoms with Crippen molar-refractivity contribution in [3.05, 3.63) is 24.3 Å². The molecule has 0 bridgehead atoms. The summed E-state index contributed by atoms with van der Waals surface area (Å²) >= 11 is 1.75. The Morgan fingerprint density at radius 3 is 2.95 bits per heavy atom. The van der Waals surface area contributed by atoms with Gasteiger partial charge in [0.2, 0.25) is 0 Å². The number of aliphatic hydroxyl groups excluding tert-OH is 1. The summed E-state index contributed by atoms with van der Waals surface area (Å²) in [5, 5.41) is 12.8. The van der Waals surface area contributed by atoms with Crippen LogP contribution in [0.15, 0.2) is 29.2 Å². The molecule has 1 saturated carbocycles. The van der Waals surface area contributed by atoms with Gasteiger partial charge in [-0.1, -0.05) is 19.4 Å². The maximum absolute atomic E-state index is 12.2.